The summed E-state index contributed by atoms with van der Waals surface area (Å²) in [6.07, 6.45) is 4.01. The van der Waals surface area contributed by atoms with E-state index in [4.69, 9.17) is 4.52 Å². The van der Waals surface area contributed by atoms with Crippen LogP contribution in [0.3, 0.4) is 0 Å². The molecule has 1 aliphatic rings. The predicted molar refractivity (Wildman–Crippen MR) is 129 cm³/mol. The van der Waals surface area contributed by atoms with Crippen LogP contribution in [-0.4, -0.2) is 50.2 Å². The lowest BCUT2D eigenvalue weighted by Gasteiger charge is -2.31. The summed E-state index contributed by atoms with van der Waals surface area (Å²) in [5.74, 6) is 0.00731. The van der Waals surface area contributed by atoms with Crippen LogP contribution < -0.4 is 15.8 Å². The summed E-state index contributed by atoms with van der Waals surface area (Å²) >= 11 is 1.27. The predicted octanol–water partition coefficient (Wildman–Crippen LogP) is 2.83. The van der Waals surface area contributed by atoms with Crippen molar-refractivity contribution < 1.29 is 13.7 Å². The zero-order valence-electron chi connectivity index (χ0n) is 19.1. The fourth-order valence-electron chi connectivity index (χ4n) is 4.05. The first-order chi connectivity index (χ1) is 17.0. The number of carbonyl (C=O) groups excluding carboxylic acids is 1. The average molecular weight is 498 g/mol. The molecule has 1 aromatic carbocycles. The molecule has 0 radical (unpaired) electrons. The molecule has 1 N–H and O–H groups in total. The minimum atomic E-state index is -0.401. The van der Waals surface area contributed by atoms with E-state index in [1.54, 1.807) is 12.1 Å². The first-order valence-corrected chi connectivity index (χ1v) is 12.3. The van der Waals surface area contributed by atoms with E-state index in [-0.39, 0.29) is 35.6 Å². The van der Waals surface area contributed by atoms with Gasteiger partial charge in [-0.05, 0) is 31.4 Å². The molecule has 35 heavy (non-hydrogen) atoms. The Morgan fingerprint density at radius 1 is 1.34 bits per heavy atom. The molecular weight excluding hydrogens is 473 g/mol. The van der Waals surface area contributed by atoms with E-state index in [0.29, 0.717) is 34.1 Å². The highest BCUT2D eigenvalue weighted by Crippen LogP contribution is 2.29. The molecular formula is C23H24FN7O3S. The van der Waals surface area contributed by atoms with Gasteiger partial charge in [-0.1, -0.05) is 35.5 Å². The first-order valence-electron chi connectivity index (χ1n) is 11.5. The number of halogens is 1. The molecule has 1 atom stereocenters. The minimum Gasteiger partial charge on any atom is -0.356 e. The van der Waals surface area contributed by atoms with Crippen molar-refractivity contribution in [1.82, 2.24) is 30.0 Å². The van der Waals surface area contributed by atoms with Crippen molar-refractivity contribution in [1.29, 1.82) is 0 Å². The summed E-state index contributed by atoms with van der Waals surface area (Å²) in [4.78, 5) is 40.8. The number of aromatic nitrogens is 5. The normalized spacial score (nSPS) is 16.1. The highest BCUT2D eigenvalue weighted by Gasteiger charge is 2.28. The van der Waals surface area contributed by atoms with E-state index in [1.165, 1.54) is 34.4 Å². The molecule has 4 heterocycles. The molecule has 0 saturated carbocycles. The highest BCUT2D eigenvalue weighted by molar-refractivity contribution is 7.22. The summed E-state index contributed by atoms with van der Waals surface area (Å²) < 4.78 is 20.6. The number of nitrogens with one attached hydrogen (secondary N) is 1. The Hall–Kier alpha value is -3.67. The van der Waals surface area contributed by atoms with Crippen molar-refractivity contribution in [3.63, 3.8) is 0 Å². The van der Waals surface area contributed by atoms with Gasteiger partial charge in [-0.3, -0.25) is 14.2 Å². The van der Waals surface area contributed by atoms with Crippen molar-refractivity contribution in [3.05, 3.63) is 52.7 Å². The largest absolute Gasteiger partial charge is 0.356 e. The van der Waals surface area contributed by atoms with Crippen LogP contribution in [0.4, 0.5) is 9.52 Å². The Morgan fingerprint density at radius 3 is 3.06 bits per heavy atom. The van der Waals surface area contributed by atoms with Gasteiger partial charge in [0.05, 0.1) is 5.92 Å². The Morgan fingerprint density at radius 2 is 2.23 bits per heavy atom. The van der Waals surface area contributed by atoms with E-state index < -0.39 is 5.82 Å². The highest BCUT2D eigenvalue weighted by atomic mass is 32.1. The molecule has 5 rings (SSSR count). The van der Waals surface area contributed by atoms with E-state index in [2.05, 4.69) is 30.3 Å². The van der Waals surface area contributed by atoms with Crippen LogP contribution >= 0.6 is 11.3 Å². The smallest absolute Gasteiger partial charge is 0.273 e. The molecule has 182 valence electrons. The maximum atomic E-state index is 13.5. The summed E-state index contributed by atoms with van der Waals surface area (Å²) in [7, 11) is 0. The molecule has 1 unspecified atom stereocenters. The molecule has 0 spiro atoms. The van der Waals surface area contributed by atoms with Crippen LogP contribution in [0.5, 0.6) is 0 Å². The zero-order valence-corrected chi connectivity index (χ0v) is 19.9. The SMILES string of the molecule is CCCNC(=O)C1CCCN(c2nc3ncn(Cc4nc(-c5cccc(F)c5)no4)c(=O)c3s2)C1. The number of nitrogens with zero attached hydrogens (tertiary/aromatic N) is 6. The fourth-order valence-corrected chi connectivity index (χ4v) is 5.05. The lowest BCUT2D eigenvalue weighted by Crippen LogP contribution is -2.43. The molecule has 12 heteroatoms. The molecule has 1 fully saturated rings. The second-order valence-corrected chi connectivity index (χ2v) is 9.40. The number of benzene rings is 1. The van der Waals surface area contributed by atoms with Gasteiger partial charge >= 0.3 is 0 Å². The lowest BCUT2D eigenvalue weighted by atomic mass is 9.97. The quantitative estimate of drug-likeness (QED) is 0.414. The Bertz CT molecular complexity index is 1420. The number of carbonyl (C=O) groups is 1. The number of amides is 1. The third-order valence-corrected chi connectivity index (χ3v) is 6.93. The maximum absolute atomic E-state index is 13.5. The van der Waals surface area contributed by atoms with Gasteiger partial charge in [-0.15, -0.1) is 0 Å². The van der Waals surface area contributed by atoms with Crippen LogP contribution in [0.25, 0.3) is 21.7 Å². The number of hydrogen-bond donors (Lipinski definition) is 1. The number of rotatable bonds is 7. The number of anilines is 1. The van der Waals surface area contributed by atoms with Crippen LogP contribution in [0.1, 0.15) is 32.1 Å². The Kier molecular flexibility index (Phi) is 6.53. The molecule has 4 aromatic rings. The van der Waals surface area contributed by atoms with Gasteiger partial charge in [0.1, 0.15) is 23.4 Å². The number of fused-ring (bicyclic) bond motifs is 1. The van der Waals surface area contributed by atoms with E-state index in [9.17, 15) is 14.0 Å². The molecule has 0 bridgehead atoms. The third kappa shape index (κ3) is 4.92. The van der Waals surface area contributed by atoms with Crippen molar-refractivity contribution in [2.24, 2.45) is 5.92 Å². The van der Waals surface area contributed by atoms with Crippen molar-refractivity contribution in [3.8, 4) is 11.4 Å². The summed E-state index contributed by atoms with van der Waals surface area (Å²) in [6, 6.07) is 5.88. The van der Waals surface area contributed by atoms with Crippen LogP contribution in [0.15, 0.2) is 39.9 Å². The van der Waals surface area contributed by atoms with Gasteiger partial charge in [0, 0.05) is 25.2 Å². The fraction of sp³-hybridized carbons (Fsp3) is 0.391. The third-order valence-electron chi connectivity index (χ3n) is 5.84. The molecule has 1 saturated heterocycles. The Labute approximate surface area is 203 Å². The van der Waals surface area contributed by atoms with Gasteiger partial charge in [-0.2, -0.15) is 9.97 Å². The van der Waals surface area contributed by atoms with Gasteiger partial charge in [0.25, 0.3) is 5.56 Å². The molecule has 1 amide bonds. The van der Waals surface area contributed by atoms with Gasteiger partial charge in [-0.25, -0.2) is 9.37 Å². The van der Waals surface area contributed by atoms with Gasteiger partial charge < -0.3 is 14.7 Å². The van der Waals surface area contributed by atoms with Gasteiger partial charge in [0.2, 0.25) is 17.6 Å². The number of piperidine rings is 1. The average Bonchev–Trinajstić information content (AvgIpc) is 3.52. The topological polar surface area (TPSA) is 119 Å². The van der Waals surface area contributed by atoms with Crippen molar-refractivity contribution in [2.45, 2.75) is 32.7 Å². The molecule has 3 aromatic heterocycles. The van der Waals surface area contributed by atoms with Crippen LogP contribution in [0, 0.1) is 11.7 Å². The zero-order chi connectivity index (χ0) is 24.4. The minimum absolute atomic E-state index is 0.0285. The maximum Gasteiger partial charge on any atom is 0.273 e. The first kappa shape index (κ1) is 23.1. The molecule has 10 nitrogen and oxygen atoms in total. The summed E-state index contributed by atoms with van der Waals surface area (Å²) in [6.45, 7) is 4.06. The van der Waals surface area contributed by atoms with Crippen LogP contribution in [0.2, 0.25) is 0 Å². The van der Waals surface area contributed by atoms with E-state index in [0.717, 1.165) is 25.8 Å². The van der Waals surface area contributed by atoms with Crippen molar-refractivity contribution >= 4 is 32.7 Å². The van der Waals surface area contributed by atoms with E-state index in [1.807, 2.05) is 6.92 Å². The number of hydrogen-bond acceptors (Lipinski definition) is 9. The second-order valence-electron chi connectivity index (χ2n) is 8.43. The number of thiazole rings is 1. The Balaban J connectivity index is 1.34. The molecule has 0 aliphatic carbocycles. The molecule has 1 aliphatic heterocycles. The monoisotopic (exact) mass is 497 g/mol. The summed E-state index contributed by atoms with van der Waals surface area (Å²) in [5, 5.41) is 7.53. The van der Waals surface area contributed by atoms with Crippen molar-refractivity contribution in [2.75, 3.05) is 24.5 Å². The standard InChI is InChI=1S/C23H24FN7O3S/c1-2-8-25-21(32)15-6-4-9-30(11-15)23-28-20-18(35-23)22(33)31(13-26-20)12-17-27-19(29-34-17)14-5-3-7-16(24)10-14/h3,5,7,10,13,15H,2,4,6,8-9,11-12H2,1H3,(H,25,32). The van der Waals surface area contributed by atoms with Crippen LogP contribution in [-0.2, 0) is 11.3 Å². The van der Waals surface area contributed by atoms with Gasteiger partial charge in [0.15, 0.2) is 10.8 Å². The second kappa shape index (κ2) is 9.90. The lowest BCUT2D eigenvalue weighted by molar-refractivity contribution is -0.125. The van der Waals surface area contributed by atoms with E-state index >= 15 is 0 Å². The summed E-state index contributed by atoms with van der Waals surface area (Å²) in [5.41, 5.74) is 0.588.